The quantitative estimate of drug-likeness (QED) is 0.899. The number of rotatable bonds is 2. The fourth-order valence-electron chi connectivity index (χ4n) is 2.55. The van der Waals surface area contributed by atoms with Crippen LogP contribution < -0.4 is 5.32 Å². The predicted octanol–water partition coefficient (Wildman–Crippen LogP) is 1.95. The molecule has 0 aliphatic carbocycles. The van der Waals surface area contributed by atoms with Gasteiger partial charge in [0.05, 0.1) is 18.4 Å². The van der Waals surface area contributed by atoms with E-state index in [-0.39, 0.29) is 6.04 Å². The van der Waals surface area contributed by atoms with Crippen LogP contribution in [-0.4, -0.2) is 28.5 Å². The number of hydrogen-bond donors (Lipinski definition) is 1. The van der Waals surface area contributed by atoms with Crippen molar-refractivity contribution in [2.45, 2.75) is 12.6 Å². The summed E-state index contributed by atoms with van der Waals surface area (Å²) in [5.41, 5.74) is 2.97. The Hall–Kier alpha value is -2.45. The lowest BCUT2D eigenvalue weighted by Gasteiger charge is -2.32. The summed E-state index contributed by atoms with van der Waals surface area (Å²) < 4.78 is 0. The number of anilines is 1. The van der Waals surface area contributed by atoms with Gasteiger partial charge in [-0.1, -0.05) is 24.3 Å². The van der Waals surface area contributed by atoms with Gasteiger partial charge in [0, 0.05) is 13.1 Å². The zero-order valence-electron chi connectivity index (χ0n) is 11.2. The molecule has 1 unspecified atom stereocenters. The molecule has 0 radical (unpaired) electrons. The number of likely N-dealkylation sites (N-methyl/N-ethyl adjacent to an activating group) is 1. The number of nitriles is 1. The Kier molecular flexibility index (Phi) is 3.32. The fraction of sp³-hybridized carbons (Fsp3) is 0.267. The molecule has 1 aliphatic heterocycles. The van der Waals surface area contributed by atoms with Crippen LogP contribution >= 0.6 is 0 Å². The number of benzene rings is 1. The van der Waals surface area contributed by atoms with E-state index >= 15 is 0 Å². The van der Waals surface area contributed by atoms with E-state index in [2.05, 4.69) is 51.5 Å². The molecule has 1 aromatic carbocycles. The fourth-order valence-corrected chi connectivity index (χ4v) is 2.55. The predicted molar refractivity (Wildman–Crippen MR) is 75.9 cm³/mol. The van der Waals surface area contributed by atoms with Crippen LogP contribution in [0.25, 0.3) is 0 Å². The summed E-state index contributed by atoms with van der Waals surface area (Å²) in [5.74, 6) is 0.694. The Morgan fingerprint density at radius 1 is 1.30 bits per heavy atom. The average molecular weight is 265 g/mol. The molecule has 1 aromatic heterocycles. The molecule has 2 heterocycles. The molecular formula is C15H15N5. The van der Waals surface area contributed by atoms with Crippen LogP contribution in [0.4, 0.5) is 5.82 Å². The molecule has 0 spiro atoms. The van der Waals surface area contributed by atoms with E-state index in [4.69, 9.17) is 5.26 Å². The second-order valence-electron chi connectivity index (χ2n) is 4.99. The molecule has 100 valence electrons. The van der Waals surface area contributed by atoms with Crippen molar-refractivity contribution < 1.29 is 0 Å². The Morgan fingerprint density at radius 2 is 2.15 bits per heavy atom. The van der Waals surface area contributed by atoms with Crippen LogP contribution in [0.3, 0.4) is 0 Å². The molecule has 1 atom stereocenters. The molecule has 0 bridgehead atoms. The molecule has 0 saturated carbocycles. The first kappa shape index (κ1) is 12.6. The molecule has 5 nitrogen and oxygen atoms in total. The van der Waals surface area contributed by atoms with Crippen LogP contribution in [0.1, 0.15) is 22.9 Å². The van der Waals surface area contributed by atoms with Crippen molar-refractivity contribution in [2.75, 3.05) is 18.9 Å². The van der Waals surface area contributed by atoms with Crippen LogP contribution in [0.2, 0.25) is 0 Å². The molecule has 1 aliphatic rings. The maximum Gasteiger partial charge on any atom is 0.158 e. The Bertz CT molecular complexity index is 644. The minimum Gasteiger partial charge on any atom is -0.361 e. The lowest BCUT2D eigenvalue weighted by Crippen LogP contribution is -2.34. The minimum absolute atomic E-state index is 0.187. The van der Waals surface area contributed by atoms with Crippen LogP contribution in [0.15, 0.2) is 36.7 Å². The SMILES string of the molecule is CN1Cc2ccccc2C(Nc2cnc(C#N)cn2)C1. The van der Waals surface area contributed by atoms with E-state index < -0.39 is 0 Å². The number of aromatic nitrogens is 2. The van der Waals surface area contributed by atoms with E-state index in [9.17, 15) is 0 Å². The lowest BCUT2D eigenvalue weighted by atomic mass is 9.96. The van der Waals surface area contributed by atoms with Crippen molar-refractivity contribution in [1.29, 1.82) is 5.26 Å². The van der Waals surface area contributed by atoms with Gasteiger partial charge in [0.1, 0.15) is 11.9 Å². The van der Waals surface area contributed by atoms with E-state index in [1.807, 2.05) is 6.07 Å². The third kappa shape index (κ3) is 2.46. The monoisotopic (exact) mass is 265 g/mol. The highest BCUT2D eigenvalue weighted by molar-refractivity contribution is 5.41. The Balaban J connectivity index is 1.85. The summed E-state index contributed by atoms with van der Waals surface area (Å²) in [5, 5.41) is 12.1. The van der Waals surface area contributed by atoms with Crippen molar-refractivity contribution in [3.05, 3.63) is 53.5 Å². The summed E-state index contributed by atoms with van der Waals surface area (Å²) in [6.45, 7) is 1.88. The topological polar surface area (TPSA) is 64.8 Å². The molecule has 0 amide bonds. The largest absolute Gasteiger partial charge is 0.361 e. The molecule has 3 rings (SSSR count). The Labute approximate surface area is 117 Å². The van der Waals surface area contributed by atoms with Gasteiger partial charge in [0.25, 0.3) is 0 Å². The summed E-state index contributed by atoms with van der Waals surface area (Å²) in [6, 6.07) is 10.6. The first-order valence-corrected chi connectivity index (χ1v) is 6.51. The average Bonchev–Trinajstić information content (AvgIpc) is 2.48. The lowest BCUT2D eigenvalue weighted by molar-refractivity contribution is 0.291. The number of nitrogens with zero attached hydrogens (tertiary/aromatic N) is 4. The summed E-state index contributed by atoms with van der Waals surface area (Å²) >= 11 is 0. The van der Waals surface area contributed by atoms with Gasteiger partial charge in [-0.05, 0) is 18.2 Å². The third-order valence-electron chi connectivity index (χ3n) is 3.45. The molecule has 0 fully saturated rings. The normalized spacial score (nSPS) is 18.1. The van der Waals surface area contributed by atoms with E-state index in [0.29, 0.717) is 11.5 Å². The second kappa shape index (κ2) is 5.27. The van der Waals surface area contributed by atoms with E-state index in [1.54, 1.807) is 6.20 Å². The minimum atomic E-state index is 0.187. The van der Waals surface area contributed by atoms with Gasteiger partial charge in [-0.25, -0.2) is 9.97 Å². The molecule has 20 heavy (non-hydrogen) atoms. The third-order valence-corrected chi connectivity index (χ3v) is 3.45. The molecule has 2 aromatic rings. The molecule has 1 N–H and O–H groups in total. The van der Waals surface area contributed by atoms with Crippen LogP contribution in [0.5, 0.6) is 0 Å². The molecular weight excluding hydrogens is 250 g/mol. The summed E-state index contributed by atoms with van der Waals surface area (Å²) in [4.78, 5) is 10.5. The number of hydrogen-bond acceptors (Lipinski definition) is 5. The van der Waals surface area contributed by atoms with Crippen LogP contribution in [-0.2, 0) is 6.54 Å². The highest BCUT2D eigenvalue weighted by atomic mass is 15.2. The second-order valence-corrected chi connectivity index (χ2v) is 4.99. The van der Waals surface area contributed by atoms with Gasteiger partial charge in [-0.15, -0.1) is 0 Å². The highest BCUT2D eigenvalue weighted by Gasteiger charge is 2.22. The van der Waals surface area contributed by atoms with Gasteiger partial charge < -0.3 is 5.32 Å². The van der Waals surface area contributed by atoms with E-state index in [1.165, 1.54) is 17.3 Å². The zero-order chi connectivity index (χ0) is 13.9. The van der Waals surface area contributed by atoms with Crippen LogP contribution in [0, 0.1) is 11.3 Å². The zero-order valence-corrected chi connectivity index (χ0v) is 11.2. The van der Waals surface area contributed by atoms with Gasteiger partial charge in [0.2, 0.25) is 0 Å². The number of nitrogens with one attached hydrogen (secondary N) is 1. The smallest absolute Gasteiger partial charge is 0.158 e. The maximum atomic E-state index is 8.74. The van der Waals surface area contributed by atoms with Gasteiger partial charge in [-0.3, -0.25) is 4.90 Å². The van der Waals surface area contributed by atoms with Crippen molar-refractivity contribution >= 4 is 5.82 Å². The maximum absolute atomic E-state index is 8.74. The van der Waals surface area contributed by atoms with Crippen molar-refractivity contribution in [3.8, 4) is 6.07 Å². The Morgan fingerprint density at radius 3 is 2.90 bits per heavy atom. The molecule has 5 heteroatoms. The van der Waals surface area contributed by atoms with Gasteiger partial charge in [-0.2, -0.15) is 5.26 Å². The number of fused-ring (bicyclic) bond motifs is 1. The van der Waals surface area contributed by atoms with Gasteiger partial charge in [0.15, 0.2) is 5.69 Å². The summed E-state index contributed by atoms with van der Waals surface area (Å²) in [6.07, 6.45) is 3.09. The van der Waals surface area contributed by atoms with E-state index in [0.717, 1.165) is 13.1 Å². The standard InChI is InChI=1S/C15H15N5/c1-20-9-11-4-2-3-5-13(11)14(10-20)19-15-8-17-12(6-16)7-18-15/h2-5,7-8,14H,9-10H2,1H3,(H,18,19). The first-order chi connectivity index (χ1) is 9.76. The van der Waals surface area contributed by atoms with Crippen molar-refractivity contribution in [3.63, 3.8) is 0 Å². The first-order valence-electron chi connectivity index (χ1n) is 6.51. The summed E-state index contributed by atoms with van der Waals surface area (Å²) in [7, 11) is 2.11. The highest BCUT2D eigenvalue weighted by Crippen LogP contribution is 2.27. The van der Waals surface area contributed by atoms with Crippen molar-refractivity contribution in [2.24, 2.45) is 0 Å². The van der Waals surface area contributed by atoms with Crippen molar-refractivity contribution in [1.82, 2.24) is 14.9 Å². The molecule has 0 saturated heterocycles. The van der Waals surface area contributed by atoms with Gasteiger partial charge >= 0.3 is 0 Å².